The lowest BCUT2D eigenvalue weighted by molar-refractivity contribution is 0.169. The van der Waals surface area contributed by atoms with Gasteiger partial charge < -0.3 is 9.66 Å². The third-order valence-electron chi connectivity index (χ3n) is 1.35. The first-order valence-electron chi connectivity index (χ1n) is 3.15. The van der Waals surface area contributed by atoms with Crippen LogP contribution in [0, 0.1) is 0 Å². The number of aliphatic hydroxyl groups is 1. The number of aliphatic hydroxyl groups excluding tert-OH is 1. The van der Waals surface area contributed by atoms with E-state index in [1.54, 1.807) is 6.92 Å². The third kappa shape index (κ3) is 3.77. The molecule has 0 aromatic heterocycles. The second-order valence-corrected chi connectivity index (χ2v) is 5.74. The van der Waals surface area contributed by atoms with Crippen LogP contribution in [-0.2, 0) is 11.1 Å². The fourth-order valence-corrected chi connectivity index (χ4v) is 2.08. The van der Waals surface area contributed by atoms with Crippen LogP contribution in [0.25, 0.3) is 0 Å². The molecule has 0 aliphatic carbocycles. The lowest BCUT2D eigenvalue weighted by Crippen LogP contribution is -2.39. The molecule has 2 N–H and O–H groups in total. The van der Waals surface area contributed by atoms with Crippen molar-refractivity contribution in [3.8, 4) is 0 Å². The normalized spacial score (nSPS) is 20.2. The highest BCUT2D eigenvalue weighted by atomic mass is 35.6. The van der Waals surface area contributed by atoms with Crippen LogP contribution in [0.4, 0.5) is 0 Å². The van der Waals surface area contributed by atoms with Crippen LogP contribution in [0.15, 0.2) is 0 Å². The first kappa shape index (κ1) is 12.9. The monoisotopic (exact) mass is 254 g/mol. The van der Waals surface area contributed by atoms with Crippen LogP contribution < -0.4 is 0 Å². The van der Waals surface area contributed by atoms with Crippen molar-refractivity contribution >= 4 is 45.9 Å². The predicted octanol–water partition coefficient (Wildman–Crippen LogP) is 1.72. The SMILES string of the molecule is CC[C@H]([C@@H](O)C(Cl)(Cl)Cl)S(=O)O. The quantitative estimate of drug-likeness (QED) is 0.596. The van der Waals surface area contributed by atoms with Crippen LogP contribution >= 0.6 is 34.8 Å². The fraction of sp³-hybridized carbons (Fsp3) is 1.00. The van der Waals surface area contributed by atoms with Crippen molar-refractivity contribution in [3.63, 3.8) is 0 Å². The molecule has 0 fully saturated rings. The molecule has 0 aliphatic rings. The van der Waals surface area contributed by atoms with Crippen molar-refractivity contribution < 1.29 is 13.9 Å². The van der Waals surface area contributed by atoms with E-state index in [1.165, 1.54) is 0 Å². The Morgan fingerprint density at radius 2 is 1.92 bits per heavy atom. The first-order chi connectivity index (χ1) is 5.30. The third-order valence-corrected chi connectivity index (χ3v) is 3.13. The van der Waals surface area contributed by atoms with Crippen LogP contribution in [0.2, 0.25) is 0 Å². The zero-order valence-corrected chi connectivity index (χ0v) is 9.29. The molecule has 0 radical (unpaired) electrons. The average molecular weight is 256 g/mol. The highest BCUT2D eigenvalue weighted by molar-refractivity contribution is 7.80. The molecule has 0 amide bonds. The maximum absolute atomic E-state index is 10.6. The van der Waals surface area contributed by atoms with E-state index < -0.39 is 26.2 Å². The standard InChI is InChI=1S/C5H9Cl3O3S/c1-2-3(12(10)11)4(9)5(6,7)8/h3-4,9H,2H2,1H3,(H,10,11)/t3-,4-/m1/s1. The van der Waals surface area contributed by atoms with Gasteiger partial charge >= 0.3 is 0 Å². The van der Waals surface area contributed by atoms with Crippen molar-refractivity contribution in [2.45, 2.75) is 28.5 Å². The second-order valence-electron chi connectivity index (χ2n) is 2.21. The van der Waals surface area contributed by atoms with Gasteiger partial charge in [-0.25, -0.2) is 4.21 Å². The topological polar surface area (TPSA) is 57.5 Å². The summed E-state index contributed by atoms with van der Waals surface area (Å²) in [6, 6.07) is 0. The lowest BCUT2D eigenvalue weighted by Gasteiger charge is -2.24. The molecule has 3 atom stereocenters. The zero-order valence-electron chi connectivity index (χ0n) is 6.21. The van der Waals surface area contributed by atoms with Crippen LogP contribution in [0.5, 0.6) is 0 Å². The summed E-state index contributed by atoms with van der Waals surface area (Å²) in [5.74, 6) is 0. The summed E-state index contributed by atoms with van der Waals surface area (Å²) in [5, 5.41) is 8.33. The second kappa shape index (κ2) is 4.98. The van der Waals surface area contributed by atoms with Gasteiger partial charge in [0.25, 0.3) is 0 Å². The van der Waals surface area contributed by atoms with Gasteiger partial charge in [-0.15, -0.1) is 0 Å². The van der Waals surface area contributed by atoms with Gasteiger partial charge in [0, 0.05) is 0 Å². The Hall–Kier alpha value is 0.940. The van der Waals surface area contributed by atoms with Crippen molar-refractivity contribution in [2.24, 2.45) is 0 Å². The molecule has 0 saturated heterocycles. The number of rotatable bonds is 3. The predicted molar refractivity (Wildman–Crippen MR) is 51.1 cm³/mol. The number of alkyl halides is 3. The van der Waals surface area contributed by atoms with Crippen molar-refractivity contribution in [1.82, 2.24) is 0 Å². The molecule has 0 aliphatic heterocycles. The first-order valence-corrected chi connectivity index (χ1v) is 5.45. The minimum atomic E-state index is -2.18. The van der Waals surface area contributed by atoms with Gasteiger partial charge in [-0.3, -0.25) is 0 Å². The van der Waals surface area contributed by atoms with E-state index in [1.807, 2.05) is 0 Å². The summed E-state index contributed by atoms with van der Waals surface area (Å²) in [4.78, 5) is 0. The average Bonchev–Trinajstić information content (AvgIpc) is 1.86. The molecule has 3 nitrogen and oxygen atoms in total. The minimum Gasteiger partial charge on any atom is -0.387 e. The van der Waals surface area contributed by atoms with E-state index in [0.717, 1.165) is 0 Å². The van der Waals surface area contributed by atoms with E-state index in [4.69, 9.17) is 39.4 Å². The van der Waals surface area contributed by atoms with Crippen molar-refractivity contribution in [1.29, 1.82) is 0 Å². The summed E-state index contributed by atoms with van der Waals surface area (Å²) in [6.45, 7) is 1.62. The van der Waals surface area contributed by atoms with E-state index >= 15 is 0 Å². The molecule has 0 spiro atoms. The molecular formula is C5H9Cl3O3S. The Balaban J connectivity index is 4.42. The minimum absolute atomic E-state index is 0.262. The van der Waals surface area contributed by atoms with Crippen LogP contribution in [0.3, 0.4) is 0 Å². The van der Waals surface area contributed by atoms with Gasteiger partial charge in [0.1, 0.15) is 6.10 Å². The molecule has 0 saturated carbocycles. The molecule has 0 heterocycles. The van der Waals surface area contributed by atoms with E-state index in [9.17, 15) is 9.32 Å². The van der Waals surface area contributed by atoms with Gasteiger partial charge in [0.2, 0.25) is 3.79 Å². The molecule has 0 rings (SSSR count). The Morgan fingerprint density at radius 1 is 1.50 bits per heavy atom. The Kier molecular flexibility index (Phi) is 5.37. The van der Waals surface area contributed by atoms with E-state index in [-0.39, 0.29) is 6.42 Å². The number of hydrogen-bond donors (Lipinski definition) is 2. The van der Waals surface area contributed by atoms with Gasteiger partial charge in [-0.2, -0.15) is 0 Å². The summed E-state index contributed by atoms with van der Waals surface area (Å²) in [6.07, 6.45) is -1.17. The molecule has 74 valence electrons. The number of hydrogen-bond acceptors (Lipinski definition) is 2. The summed E-state index contributed by atoms with van der Waals surface area (Å²) >= 11 is 13.8. The van der Waals surface area contributed by atoms with Crippen LogP contribution in [0.1, 0.15) is 13.3 Å². The Bertz CT molecular complexity index is 170. The fourth-order valence-electron chi connectivity index (χ4n) is 0.687. The van der Waals surface area contributed by atoms with Crippen molar-refractivity contribution in [2.75, 3.05) is 0 Å². The highest BCUT2D eigenvalue weighted by Gasteiger charge is 2.39. The van der Waals surface area contributed by atoms with Gasteiger partial charge in [-0.1, -0.05) is 41.7 Å². The molecule has 0 aromatic carbocycles. The molecular weight excluding hydrogens is 246 g/mol. The van der Waals surface area contributed by atoms with Gasteiger partial charge in [0.15, 0.2) is 11.1 Å². The van der Waals surface area contributed by atoms with Crippen LogP contribution in [-0.4, -0.2) is 29.0 Å². The maximum Gasteiger partial charge on any atom is 0.217 e. The van der Waals surface area contributed by atoms with Gasteiger partial charge in [-0.05, 0) is 6.42 Å². The Morgan fingerprint density at radius 3 is 2.00 bits per heavy atom. The van der Waals surface area contributed by atoms with E-state index in [2.05, 4.69) is 0 Å². The molecule has 0 bridgehead atoms. The zero-order chi connectivity index (χ0) is 9.94. The van der Waals surface area contributed by atoms with Crippen molar-refractivity contribution in [3.05, 3.63) is 0 Å². The highest BCUT2D eigenvalue weighted by Crippen LogP contribution is 2.33. The molecule has 1 unspecified atom stereocenters. The lowest BCUT2D eigenvalue weighted by atomic mass is 10.2. The molecule has 0 aromatic rings. The Labute approximate surface area is 88.3 Å². The maximum atomic E-state index is 10.6. The number of halogens is 3. The molecule has 12 heavy (non-hydrogen) atoms. The van der Waals surface area contributed by atoms with Gasteiger partial charge in [0.05, 0.1) is 5.25 Å². The summed E-state index contributed by atoms with van der Waals surface area (Å²) in [5.41, 5.74) is 0. The summed E-state index contributed by atoms with van der Waals surface area (Å²) < 4.78 is 17.4. The smallest absolute Gasteiger partial charge is 0.217 e. The largest absolute Gasteiger partial charge is 0.387 e. The van der Waals surface area contributed by atoms with E-state index in [0.29, 0.717) is 0 Å². The molecule has 7 heteroatoms. The summed E-state index contributed by atoms with van der Waals surface area (Å²) in [7, 11) is 0.